The Labute approximate surface area is 149 Å². The summed E-state index contributed by atoms with van der Waals surface area (Å²) in [4.78, 5) is 6.87. The van der Waals surface area contributed by atoms with Crippen LogP contribution >= 0.6 is 38.6 Å². The minimum Gasteiger partial charge on any atom is -0.460 e. The summed E-state index contributed by atoms with van der Waals surface area (Å²) < 4.78 is 8.59. The number of halogens is 1. The summed E-state index contributed by atoms with van der Waals surface area (Å²) in [5.41, 5.74) is 1.06. The van der Waals surface area contributed by atoms with Crippen molar-refractivity contribution in [3.05, 3.63) is 49.8 Å². The zero-order valence-electron chi connectivity index (χ0n) is 12.4. The summed E-state index contributed by atoms with van der Waals surface area (Å²) >= 11 is 6.85. The van der Waals surface area contributed by atoms with E-state index in [1.807, 2.05) is 23.7 Å². The molecule has 0 aliphatic heterocycles. The van der Waals surface area contributed by atoms with Crippen molar-refractivity contribution in [3.63, 3.8) is 0 Å². The second-order valence-electron chi connectivity index (χ2n) is 5.37. The van der Waals surface area contributed by atoms with Gasteiger partial charge in [-0.3, -0.25) is 4.99 Å². The zero-order valence-corrected chi connectivity index (χ0v) is 15.6. The number of thiophene rings is 1. The average Bonchev–Trinajstić information content (AvgIpc) is 2.90. The quantitative estimate of drug-likeness (QED) is 0.567. The number of hydrogen-bond donors (Lipinski definition) is 0. The number of thiazole rings is 1. The van der Waals surface area contributed by atoms with Crippen molar-refractivity contribution >= 4 is 44.8 Å². The molecule has 0 N–H and O–H groups in total. The lowest BCUT2D eigenvalue weighted by atomic mass is 10.4. The molecule has 3 aromatic rings. The van der Waals surface area contributed by atoms with Gasteiger partial charge in [-0.1, -0.05) is 0 Å². The Hall–Kier alpha value is -1.44. The van der Waals surface area contributed by atoms with Gasteiger partial charge in [-0.2, -0.15) is 5.10 Å². The Morgan fingerprint density at radius 1 is 1.30 bits per heavy atom. The first kappa shape index (κ1) is 15.1. The number of nitrogens with zero attached hydrogens (tertiary/aromatic N) is 3. The van der Waals surface area contributed by atoms with Gasteiger partial charge in [0.25, 0.3) is 0 Å². The van der Waals surface area contributed by atoms with E-state index < -0.39 is 0 Å². The Morgan fingerprint density at radius 2 is 2.17 bits per heavy atom. The van der Waals surface area contributed by atoms with Gasteiger partial charge in [0.05, 0.1) is 26.6 Å². The fourth-order valence-electron chi connectivity index (χ4n) is 2.12. The van der Waals surface area contributed by atoms with Crippen LogP contribution in [-0.4, -0.2) is 16.9 Å². The van der Waals surface area contributed by atoms with Crippen molar-refractivity contribution in [2.24, 2.45) is 10.1 Å². The fourth-order valence-corrected chi connectivity index (χ4v) is 4.48. The molecule has 1 aliphatic carbocycles. The fraction of sp³-hybridized carbons (Fsp3) is 0.250. The Kier molecular flexibility index (Phi) is 4.09. The van der Waals surface area contributed by atoms with Crippen LogP contribution in [0.15, 0.2) is 47.9 Å². The van der Waals surface area contributed by atoms with Gasteiger partial charge < -0.3 is 4.42 Å². The van der Waals surface area contributed by atoms with E-state index in [0.29, 0.717) is 6.04 Å². The summed E-state index contributed by atoms with van der Waals surface area (Å²) in [6.07, 6.45) is 4.11. The molecule has 4 rings (SSSR count). The minimum absolute atomic E-state index is 0.462. The summed E-state index contributed by atoms with van der Waals surface area (Å²) in [5, 5.41) is 6.74. The summed E-state index contributed by atoms with van der Waals surface area (Å²) in [6.45, 7) is 1.93. The van der Waals surface area contributed by atoms with Crippen molar-refractivity contribution < 1.29 is 4.42 Å². The predicted molar refractivity (Wildman–Crippen MR) is 98.3 cm³/mol. The summed E-state index contributed by atoms with van der Waals surface area (Å²) in [5.74, 6) is 1.63. The van der Waals surface area contributed by atoms with Crippen LogP contribution in [-0.2, 0) is 0 Å². The molecule has 1 saturated carbocycles. The van der Waals surface area contributed by atoms with E-state index in [-0.39, 0.29) is 0 Å². The molecule has 1 aliphatic rings. The van der Waals surface area contributed by atoms with Crippen LogP contribution in [0.5, 0.6) is 0 Å². The molecule has 0 atom stereocenters. The number of furan rings is 1. The van der Waals surface area contributed by atoms with Crippen LogP contribution in [0.3, 0.4) is 0 Å². The maximum Gasteiger partial charge on any atom is 0.206 e. The van der Waals surface area contributed by atoms with Crippen LogP contribution in [0.4, 0.5) is 0 Å². The Balaban J connectivity index is 1.78. The SMILES string of the molecule is Cc1ccc(/C=N\n2c(-c3ccc(Br)s3)csc2=NC2CC2)o1. The molecule has 0 bridgehead atoms. The highest BCUT2D eigenvalue weighted by Gasteiger charge is 2.21. The third kappa shape index (κ3) is 3.41. The molecule has 3 heterocycles. The van der Waals surface area contributed by atoms with Gasteiger partial charge in [-0.25, -0.2) is 4.68 Å². The molecular weight excluding hydrogens is 394 g/mol. The number of rotatable bonds is 4. The standard InChI is InChI=1S/C16H14BrN3OS2/c1-10-2-5-12(21-10)8-18-20-13(14-6-7-15(17)23-14)9-22-16(20)19-11-3-4-11/h2,5-9,11H,3-4H2,1H3/b18-8-,19-16?. The van der Waals surface area contributed by atoms with Crippen molar-refractivity contribution in [1.29, 1.82) is 0 Å². The van der Waals surface area contributed by atoms with Crippen molar-refractivity contribution in [2.45, 2.75) is 25.8 Å². The molecule has 0 unspecified atom stereocenters. The van der Waals surface area contributed by atoms with E-state index in [2.05, 4.69) is 38.5 Å². The lowest BCUT2D eigenvalue weighted by Gasteiger charge is -2.00. The average molecular weight is 408 g/mol. The number of aromatic nitrogens is 1. The van der Waals surface area contributed by atoms with Gasteiger partial charge in [0, 0.05) is 5.38 Å². The minimum atomic E-state index is 0.462. The van der Waals surface area contributed by atoms with Crippen molar-refractivity contribution in [1.82, 2.24) is 4.68 Å². The van der Waals surface area contributed by atoms with Crippen molar-refractivity contribution in [3.8, 4) is 10.6 Å². The third-order valence-corrected chi connectivity index (χ3v) is 5.89. The van der Waals surface area contributed by atoms with Gasteiger partial charge in [0.2, 0.25) is 4.80 Å². The topological polar surface area (TPSA) is 42.8 Å². The van der Waals surface area contributed by atoms with Gasteiger partial charge in [-0.15, -0.1) is 22.7 Å². The first-order valence-corrected chi connectivity index (χ1v) is 9.79. The number of hydrogen-bond acceptors (Lipinski definition) is 5. The van der Waals surface area contributed by atoms with Crippen LogP contribution in [0.25, 0.3) is 10.6 Å². The van der Waals surface area contributed by atoms with Crippen molar-refractivity contribution in [2.75, 3.05) is 0 Å². The normalized spacial score (nSPS) is 15.8. The first-order chi connectivity index (χ1) is 11.2. The lowest BCUT2D eigenvalue weighted by molar-refractivity contribution is 0.527. The van der Waals surface area contributed by atoms with Gasteiger partial charge in [-0.05, 0) is 60.0 Å². The molecule has 0 amide bonds. The van der Waals surface area contributed by atoms with Gasteiger partial charge >= 0.3 is 0 Å². The molecule has 0 saturated heterocycles. The molecule has 7 heteroatoms. The maximum atomic E-state index is 5.57. The first-order valence-electron chi connectivity index (χ1n) is 7.30. The van der Waals surface area contributed by atoms with Crippen LogP contribution in [0.1, 0.15) is 24.4 Å². The van der Waals surface area contributed by atoms with Crippen LogP contribution in [0.2, 0.25) is 0 Å². The molecular formula is C16H14BrN3OS2. The monoisotopic (exact) mass is 407 g/mol. The van der Waals surface area contributed by atoms with E-state index in [0.717, 1.165) is 30.7 Å². The largest absolute Gasteiger partial charge is 0.460 e. The highest BCUT2D eigenvalue weighted by molar-refractivity contribution is 9.11. The van der Waals surface area contributed by atoms with E-state index >= 15 is 0 Å². The zero-order chi connectivity index (χ0) is 15.8. The summed E-state index contributed by atoms with van der Waals surface area (Å²) in [7, 11) is 0. The van der Waals surface area contributed by atoms with E-state index in [4.69, 9.17) is 9.41 Å². The van der Waals surface area contributed by atoms with Crippen LogP contribution in [0, 0.1) is 6.92 Å². The summed E-state index contributed by atoms with van der Waals surface area (Å²) in [6, 6.07) is 8.47. The van der Waals surface area contributed by atoms with E-state index in [1.54, 1.807) is 28.9 Å². The molecule has 118 valence electrons. The molecule has 0 spiro atoms. The van der Waals surface area contributed by atoms with Crippen LogP contribution < -0.4 is 4.80 Å². The second kappa shape index (κ2) is 6.22. The predicted octanol–water partition coefficient (Wildman–Crippen LogP) is 4.89. The highest BCUT2D eigenvalue weighted by atomic mass is 79.9. The molecule has 4 nitrogen and oxygen atoms in total. The Bertz CT molecular complexity index is 927. The second-order valence-corrected chi connectivity index (χ2v) is 8.67. The molecule has 23 heavy (non-hydrogen) atoms. The Morgan fingerprint density at radius 3 is 2.83 bits per heavy atom. The molecule has 3 aromatic heterocycles. The molecule has 1 fully saturated rings. The maximum absolute atomic E-state index is 5.57. The van der Waals surface area contributed by atoms with E-state index in [9.17, 15) is 0 Å². The lowest BCUT2D eigenvalue weighted by Crippen LogP contribution is -2.12. The highest BCUT2D eigenvalue weighted by Crippen LogP contribution is 2.32. The molecule has 0 aromatic carbocycles. The van der Waals surface area contributed by atoms with E-state index in [1.165, 1.54) is 12.8 Å². The third-order valence-electron chi connectivity index (χ3n) is 3.41. The molecule has 0 radical (unpaired) electrons. The van der Waals surface area contributed by atoms with Gasteiger partial charge in [0.1, 0.15) is 11.5 Å². The smallest absolute Gasteiger partial charge is 0.206 e. The number of aryl methyl sites for hydroxylation is 1. The van der Waals surface area contributed by atoms with Gasteiger partial charge in [0.15, 0.2) is 0 Å².